The Morgan fingerprint density at radius 2 is 2.16 bits per heavy atom. The van der Waals surface area contributed by atoms with Crippen molar-refractivity contribution in [1.29, 1.82) is 0 Å². The van der Waals surface area contributed by atoms with Crippen LogP contribution in [0.25, 0.3) is 0 Å². The summed E-state index contributed by atoms with van der Waals surface area (Å²) in [5, 5.41) is 3.00. The van der Waals surface area contributed by atoms with Crippen molar-refractivity contribution in [3.05, 3.63) is 21.4 Å². The van der Waals surface area contributed by atoms with Crippen LogP contribution in [0.5, 0.6) is 0 Å². The molecule has 0 saturated carbocycles. The molecule has 0 fully saturated rings. The summed E-state index contributed by atoms with van der Waals surface area (Å²) in [4.78, 5) is 14.4. The lowest BCUT2D eigenvalue weighted by Gasteiger charge is -2.12. The van der Waals surface area contributed by atoms with E-state index in [0.717, 1.165) is 19.3 Å². The van der Waals surface area contributed by atoms with Crippen LogP contribution in [0.4, 0.5) is 0 Å². The highest BCUT2D eigenvalue weighted by Crippen LogP contribution is 2.20. The van der Waals surface area contributed by atoms with Crippen LogP contribution in [0.15, 0.2) is 6.07 Å². The normalized spacial score (nSPS) is 12.4. The fourth-order valence-corrected chi connectivity index (χ4v) is 3.13. The van der Waals surface area contributed by atoms with E-state index in [1.165, 1.54) is 15.3 Å². The molecule has 108 valence electrons. The summed E-state index contributed by atoms with van der Waals surface area (Å²) in [7, 11) is 0. The largest absolute Gasteiger partial charge is 0.351 e. The molecular formula is C15H26N2OS. The van der Waals surface area contributed by atoms with Crippen molar-refractivity contribution in [2.45, 2.75) is 53.0 Å². The van der Waals surface area contributed by atoms with Crippen molar-refractivity contribution in [3.63, 3.8) is 0 Å². The number of carbonyl (C=O) groups excluding carboxylic acids is 1. The van der Waals surface area contributed by atoms with Gasteiger partial charge in [-0.1, -0.05) is 13.3 Å². The SMILES string of the molecule is CCC(CCN)CCC(=O)NCc1cc(C)c(C)s1. The number of amides is 1. The standard InChI is InChI=1S/C15H26N2OS/c1-4-13(7-8-16)5-6-15(18)17-10-14-9-11(2)12(3)19-14/h9,13H,4-8,10,16H2,1-3H3,(H,17,18). The Morgan fingerprint density at radius 1 is 1.42 bits per heavy atom. The van der Waals surface area contributed by atoms with Gasteiger partial charge in [-0.15, -0.1) is 11.3 Å². The third-order valence-electron chi connectivity index (χ3n) is 3.61. The summed E-state index contributed by atoms with van der Waals surface area (Å²) >= 11 is 1.76. The van der Waals surface area contributed by atoms with Gasteiger partial charge in [-0.2, -0.15) is 0 Å². The molecule has 3 N–H and O–H groups in total. The fourth-order valence-electron chi connectivity index (χ4n) is 2.13. The molecule has 0 saturated heterocycles. The minimum absolute atomic E-state index is 0.152. The van der Waals surface area contributed by atoms with Crippen LogP contribution in [0, 0.1) is 19.8 Å². The Hall–Kier alpha value is -0.870. The Bertz CT molecular complexity index is 381. The van der Waals surface area contributed by atoms with E-state index in [-0.39, 0.29) is 5.91 Å². The van der Waals surface area contributed by atoms with E-state index in [2.05, 4.69) is 32.2 Å². The van der Waals surface area contributed by atoms with Crippen molar-refractivity contribution in [3.8, 4) is 0 Å². The first kappa shape index (κ1) is 16.2. The minimum Gasteiger partial charge on any atom is -0.351 e. The minimum atomic E-state index is 0.152. The topological polar surface area (TPSA) is 55.1 Å². The zero-order valence-electron chi connectivity index (χ0n) is 12.3. The number of aryl methyl sites for hydroxylation is 2. The van der Waals surface area contributed by atoms with Gasteiger partial charge < -0.3 is 11.1 Å². The van der Waals surface area contributed by atoms with Crippen molar-refractivity contribution in [2.75, 3.05) is 6.54 Å². The van der Waals surface area contributed by atoms with Crippen LogP contribution in [-0.4, -0.2) is 12.5 Å². The molecule has 1 atom stereocenters. The smallest absolute Gasteiger partial charge is 0.220 e. The van der Waals surface area contributed by atoms with Crippen molar-refractivity contribution in [2.24, 2.45) is 11.7 Å². The third kappa shape index (κ3) is 5.74. The van der Waals surface area contributed by atoms with Crippen molar-refractivity contribution >= 4 is 17.2 Å². The molecule has 0 aromatic carbocycles. The van der Waals surface area contributed by atoms with Gasteiger partial charge in [0.25, 0.3) is 0 Å². The number of nitrogens with one attached hydrogen (secondary N) is 1. The summed E-state index contributed by atoms with van der Waals surface area (Å²) in [6.45, 7) is 7.76. The second kappa shape index (κ2) is 8.33. The number of carbonyl (C=O) groups is 1. The molecule has 19 heavy (non-hydrogen) atoms. The Kier molecular flexibility index (Phi) is 7.10. The van der Waals surface area contributed by atoms with Gasteiger partial charge in [0, 0.05) is 16.2 Å². The maximum absolute atomic E-state index is 11.8. The first-order valence-electron chi connectivity index (χ1n) is 7.09. The number of thiophene rings is 1. The second-order valence-electron chi connectivity index (χ2n) is 5.12. The third-order valence-corrected chi connectivity index (χ3v) is 4.76. The molecule has 1 amide bonds. The quantitative estimate of drug-likeness (QED) is 0.769. The second-order valence-corrected chi connectivity index (χ2v) is 6.46. The van der Waals surface area contributed by atoms with Gasteiger partial charge in [0.05, 0.1) is 6.54 Å². The van der Waals surface area contributed by atoms with Crippen LogP contribution in [0.2, 0.25) is 0 Å². The number of hydrogen-bond acceptors (Lipinski definition) is 3. The van der Waals surface area contributed by atoms with Crippen LogP contribution in [0.3, 0.4) is 0 Å². The lowest BCUT2D eigenvalue weighted by molar-refractivity contribution is -0.121. The lowest BCUT2D eigenvalue weighted by atomic mass is 9.96. The zero-order chi connectivity index (χ0) is 14.3. The van der Waals surface area contributed by atoms with E-state index in [9.17, 15) is 4.79 Å². The number of hydrogen-bond donors (Lipinski definition) is 2. The first-order chi connectivity index (χ1) is 9.06. The van der Waals surface area contributed by atoms with E-state index in [0.29, 0.717) is 25.4 Å². The Morgan fingerprint density at radius 3 is 2.68 bits per heavy atom. The molecule has 1 heterocycles. The fraction of sp³-hybridized carbons (Fsp3) is 0.667. The number of rotatable bonds is 8. The molecule has 0 radical (unpaired) electrons. The van der Waals surface area contributed by atoms with Crippen molar-refractivity contribution in [1.82, 2.24) is 5.32 Å². The predicted octanol–water partition coefficient (Wildman–Crippen LogP) is 3.14. The highest BCUT2D eigenvalue weighted by atomic mass is 32.1. The monoisotopic (exact) mass is 282 g/mol. The van der Waals surface area contributed by atoms with E-state index >= 15 is 0 Å². The van der Waals surface area contributed by atoms with E-state index in [4.69, 9.17) is 5.73 Å². The van der Waals surface area contributed by atoms with Gasteiger partial charge in [-0.3, -0.25) is 4.79 Å². The van der Waals surface area contributed by atoms with Crippen LogP contribution in [-0.2, 0) is 11.3 Å². The van der Waals surface area contributed by atoms with Crippen LogP contribution < -0.4 is 11.1 Å². The van der Waals surface area contributed by atoms with E-state index in [1.807, 2.05) is 0 Å². The molecule has 4 heteroatoms. The zero-order valence-corrected chi connectivity index (χ0v) is 13.1. The van der Waals surface area contributed by atoms with Gasteiger partial charge >= 0.3 is 0 Å². The van der Waals surface area contributed by atoms with Gasteiger partial charge in [0.15, 0.2) is 0 Å². The van der Waals surface area contributed by atoms with Gasteiger partial charge in [-0.25, -0.2) is 0 Å². The molecule has 3 nitrogen and oxygen atoms in total. The predicted molar refractivity (Wildman–Crippen MR) is 82.3 cm³/mol. The average molecular weight is 282 g/mol. The highest BCUT2D eigenvalue weighted by molar-refractivity contribution is 7.12. The van der Waals surface area contributed by atoms with Gasteiger partial charge in [0.1, 0.15) is 0 Å². The lowest BCUT2D eigenvalue weighted by Crippen LogP contribution is -2.23. The Balaban J connectivity index is 2.27. The molecule has 0 aliphatic rings. The van der Waals surface area contributed by atoms with E-state index in [1.54, 1.807) is 11.3 Å². The van der Waals surface area contributed by atoms with Crippen LogP contribution in [0.1, 0.15) is 47.9 Å². The van der Waals surface area contributed by atoms with E-state index < -0.39 is 0 Å². The van der Waals surface area contributed by atoms with Gasteiger partial charge in [-0.05, 0) is 50.8 Å². The summed E-state index contributed by atoms with van der Waals surface area (Å²) in [5.41, 5.74) is 6.87. The molecule has 1 aromatic heterocycles. The molecule has 1 rings (SSSR count). The summed E-state index contributed by atoms with van der Waals surface area (Å²) < 4.78 is 0. The highest BCUT2D eigenvalue weighted by Gasteiger charge is 2.09. The van der Waals surface area contributed by atoms with Crippen molar-refractivity contribution < 1.29 is 4.79 Å². The summed E-state index contributed by atoms with van der Waals surface area (Å²) in [5.74, 6) is 0.737. The summed E-state index contributed by atoms with van der Waals surface area (Å²) in [6.07, 6.45) is 3.69. The molecular weight excluding hydrogens is 256 g/mol. The summed E-state index contributed by atoms with van der Waals surface area (Å²) in [6, 6.07) is 2.16. The maximum atomic E-state index is 11.8. The average Bonchev–Trinajstić information content (AvgIpc) is 2.71. The number of nitrogens with two attached hydrogens (primary N) is 1. The maximum Gasteiger partial charge on any atom is 0.220 e. The molecule has 0 spiro atoms. The Labute approximate surface area is 120 Å². The first-order valence-corrected chi connectivity index (χ1v) is 7.91. The molecule has 1 unspecified atom stereocenters. The molecule has 0 aliphatic carbocycles. The van der Waals surface area contributed by atoms with Crippen LogP contribution >= 0.6 is 11.3 Å². The molecule has 0 bridgehead atoms. The molecule has 1 aromatic rings. The van der Waals surface area contributed by atoms with Gasteiger partial charge in [0.2, 0.25) is 5.91 Å². The molecule has 0 aliphatic heterocycles.